The van der Waals surface area contributed by atoms with E-state index in [-0.39, 0.29) is 30.7 Å². The Morgan fingerprint density at radius 1 is 0.739 bits per heavy atom. The SMILES string of the molecule is CCCCCC1CCC(C2CCC(c3ccc(C4CCC(C(F)(F)Oc5cc(F)c(C=C(F)F)c(F)c5)CC4)c(F)c3)CC2)CC1. The summed E-state index contributed by atoms with van der Waals surface area (Å²) in [4.78, 5) is 0. The molecule has 2 aromatic carbocycles. The molecule has 0 atom stereocenters. The zero-order valence-electron chi connectivity index (χ0n) is 26.8. The maximum atomic E-state index is 15.4. The van der Waals surface area contributed by atoms with Crippen LogP contribution in [0.1, 0.15) is 138 Å². The van der Waals surface area contributed by atoms with Gasteiger partial charge in [0.2, 0.25) is 0 Å². The van der Waals surface area contributed by atoms with Crippen LogP contribution >= 0.6 is 0 Å². The molecule has 0 radical (unpaired) electrons. The van der Waals surface area contributed by atoms with Crippen LogP contribution < -0.4 is 4.74 Å². The van der Waals surface area contributed by atoms with Crippen LogP contribution in [0.25, 0.3) is 6.08 Å². The third-order valence-corrected chi connectivity index (χ3v) is 11.2. The molecular formula is C38H47F7O. The number of ether oxygens (including phenoxy) is 1. The average Bonchev–Trinajstić information content (AvgIpc) is 3.03. The van der Waals surface area contributed by atoms with Crippen LogP contribution in [0.5, 0.6) is 5.75 Å². The van der Waals surface area contributed by atoms with E-state index in [4.69, 9.17) is 0 Å². The molecule has 3 fully saturated rings. The highest BCUT2D eigenvalue weighted by Gasteiger charge is 2.44. The fraction of sp³-hybridized carbons (Fsp3) is 0.632. The first-order chi connectivity index (χ1) is 22.0. The van der Waals surface area contributed by atoms with Crippen molar-refractivity contribution >= 4 is 6.08 Å². The predicted octanol–water partition coefficient (Wildman–Crippen LogP) is 12.9. The van der Waals surface area contributed by atoms with E-state index in [9.17, 15) is 26.3 Å². The van der Waals surface area contributed by atoms with Gasteiger partial charge in [0.15, 0.2) is 0 Å². The van der Waals surface area contributed by atoms with Gasteiger partial charge < -0.3 is 4.74 Å². The van der Waals surface area contributed by atoms with Crippen molar-refractivity contribution in [3.05, 3.63) is 70.6 Å². The van der Waals surface area contributed by atoms with Crippen molar-refractivity contribution in [1.82, 2.24) is 0 Å². The quantitative estimate of drug-likeness (QED) is 0.173. The van der Waals surface area contributed by atoms with Gasteiger partial charge in [-0.15, -0.1) is 0 Å². The molecule has 3 saturated carbocycles. The lowest BCUT2D eigenvalue weighted by Gasteiger charge is -2.38. The maximum absolute atomic E-state index is 15.4. The molecule has 1 nitrogen and oxygen atoms in total. The van der Waals surface area contributed by atoms with Crippen molar-refractivity contribution in [3.63, 3.8) is 0 Å². The Hall–Kier alpha value is -2.51. The third kappa shape index (κ3) is 8.69. The molecule has 0 saturated heterocycles. The topological polar surface area (TPSA) is 9.23 Å². The first-order valence-corrected chi connectivity index (χ1v) is 17.4. The molecule has 3 aliphatic carbocycles. The van der Waals surface area contributed by atoms with Gasteiger partial charge in [-0.25, -0.2) is 13.2 Å². The minimum Gasteiger partial charge on any atom is -0.432 e. The Bertz CT molecular complexity index is 1290. The Balaban J connectivity index is 1.10. The predicted molar refractivity (Wildman–Crippen MR) is 168 cm³/mol. The number of hydrogen-bond acceptors (Lipinski definition) is 1. The normalized spacial score (nSPS) is 27.3. The maximum Gasteiger partial charge on any atom is 0.400 e. The van der Waals surface area contributed by atoms with E-state index in [1.807, 2.05) is 12.1 Å². The molecule has 46 heavy (non-hydrogen) atoms. The lowest BCUT2D eigenvalue weighted by Crippen LogP contribution is -2.37. The summed E-state index contributed by atoms with van der Waals surface area (Å²) in [7, 11) is 0. The summed E-state index contributed by atoms with van der Waals surface area (Å²) in [6.07, 6.45) is 10.1. The smallest absolute Gasteiger partial charge is 0.400 e. The third-order valence-electron chi connectivity index (χ3n) is 11.2. The largest absolute Gasteiger partial charge is 0.432 e. The van der Waals surface area contributed by atoms with Crippen LogP contribution in [-0.2, 0) is 0 Å². The van der Waals surface area contributed by atoms with Crippen LogP contribution in [-0.4, -0.2) is 6.11 Å². The van der Waals surface area contributed by atoms with Crippen molar-refractivity contribution < 1.29 is 35.5 Å². The summed E-state index contributed by atoms with van der Waals surface area (Å²) in [5, 5.41) is 0. The van der Waals surface area contributed by atoms with E-state index in [1.54, 1.807) is 6.07 Å². The van der Waals surface area contributed by atoms with Gasteiger partial charge in [0.05, 0.1) is 11.5 Å². The van der Waals surface area contributed by atoms with Gasteiger partial charge in [-0.1, -0.05) is 57.6 Å². The van der Waals surface area contributed by atoms with E-state index < -0.39 is 41.1 Å². The Labute approximate surface area is 269 Å². The number of benzene rings is 2. The summed E-state index contributed by atoms with van der Waals surface area (Å²) in [5.41, 5.74) is 0.550. The summed E-state index contributed by atoms with van der Waals surface area (Å²) in [5.74, 6) is -2.44. The van der Waals surface area contributed by atoms with E-state index in [1.165, 1.54) is 64.2 Å². The fourth-order valence-electron chi connectivity index (χ4n) is 8.53. The summed E-state index contributed by atoms with van der Waals surface area (Å²) in [6, 6.07) is 6.45. The highest BCUT2D eigenvalue weighted by molar-refractivity contribution is 5.53. The second kappa shape index (κ2) is 15.6. The lowest BCUT2D eigenvalue weighted by molar-refractivity contribution is -0.222. The first-order valence-electron chi connectivity index (χ1n) is 17.4. The van der Waals surface area contributed by atoms with Gasteiger partial charge in [-0.05, 0) is 111 Å². The Kier molecular flexibility index (Phi) is 11.8. The van der Waals surface area contributed by atoms with E-state index in [0.717, 1.165) is 36.2 Å². The highest BCUT2D eigenvalue weighted by Crippen LogP contribution is 2.47. The minimum atomic E-state index is -3.73. The molecule has 0 unspecified atom stereocenters. The number of halogens is 7. The van der Waals surface area contributed by atoms with E-state index in [0.29, 0.717) is 36.5 Å². The van der Waals surface area contributed by atoms with Gasteiger partial charge in [0.25, 0.3) is 6.08 Å². The molecule has 0 heterocycles. The van der Waals surface area contributed by atoms with E-state index >= 15 is 4.39 Å². The number of hydrogen-bond donors (Lipinski definition) is 0. The van der Waals surface area contributed by atoms with Crippen LogP contribution in [0, 0.1) is 41.1 Å². The van der Waals surface area contributed by atoms with Crippen molar-refractivity contribution in [1.29, 1.82) is 0 Å². The van der Waals surface area contributed by atoms with Crippen molar-refractivity contribution in [2.45, 2.75) is 128 Å². The van der Waals surface area contributed by atoms with Gasteiger partial charge in [-0.2, -0.15) is 17.6 Å². The zero-order valence-corrected chi connectivity index (χ0v) is 26.8. The molecule has 2 aromatic rings. The number of rotatable bonds is 11. The molecule has 0 aromatic heterocycles. The van der Waals surface area contributed by atoms with Gasteiger partial charge >= 0.3 is 6.11 Å². The minimum absolute atomic E-state index is 0.00834. The molecule has 0 amide bonds. The molecule has 8 heteroatoms. The zero-order chi connectivity index (χ0) is 32.8. The summed E-state index contributed by atoms with van der Waals surface area (Å²) in [6.45, 7) is 2.26. The number of unbranched alkanes of at least 4 members (excludes halogenated alkanes) is 2. The second-order valence-electron chi connectivity index (χ2n) is 14.1. The monoisotopic (exact) mass is 652 g/mol. The van der Waals surface area contributed by atoms with Crippen LogP contribution in [0.2, 0.25) is 0 Å². The molecule has 0 N–H and O–H groups in total. The molecule has 0 bridgehead atoms. The van der Waals surface area contributed by atoms with E-state index in [2.05, 4.69) is 11.7 Å². The average molecular weight is 653 g/mol. The molecule has 0 spiro atoms. The van der Waals surface area contributed by atoms with Crippen LogP contribution in [0.15, 0.2) is 36.4 Å². The molecule has 0 aliphatic heterocycles. The highest BCUT2D eigenvalue weighted by atomic mass is 19.3. The van der Waals surface area contributed by atoms with Crippen LogP contribution in [0.4, 0.5) is 30.7 Å². The fourth-order valence-corrected chi connectivity index (χ4v) is 8.53. The van der Waals surface area contributed by atoms with Gasteiger partial charge in [0.1, 0.15) is 23.2 Å². The Morgan fingerprint density at radius 2 is 1.33 bits per heavy atom. The molecule has 5 rings (SSSR count). The Morgan fingerprint density at radius 3 is 1.89 bits per heavy atom. The van der Waals surface area contributed by atoms with Gasteiger partial charge in [0, 0.05) is 18.2 Å². The van der Waals surface area contributed by atoms with Gasteiger partial charge in [-0.3, -0.25) is 0 Å². The summed E-state index contributed by atoms with van der Waals surface area (Å²) < 4.78 is 103. The van der Waals surface area contributed by atoms with Crippen LogP contribution in [0.3, 0.4) is 0 Å². The lowest BCUT2D eigenvalue weighted by atomic mass is 9.68. The van der Waals surface area contributed by atoms with Crippen molar-refractivity contribution in [2.24, 2.45) is 23.7 Å². The standard InChI is InChI=1S/C38H47F7O/c1-2-3-4-5-24-6-8-25(9-7-24)26-10-12-27(13-11-26)29-16-19-32(34(39)20-29)28-14-17-30(18-15-28)38(44,45)46-31-21-35(40)33(23-37(42)43)36(41)22-31/h16,19-28,30H,2-15,17-18H2,1H3. The number of alkyl halides is 2. The van der Waals surface area contributed by atoms with Crippen molar-refractivity contribution in [2.75, 3.05) is 0 Å². The first kappa shape index (κ1) is 34.8. The molecule has 3 aliphatic rings. The van der Waals surface area contributed by atoms with Crippen molar-refractivity contribution in [3.8, 4) is 5.75 Å². The molecular weight excluding hydrogens is 605 g/mol. The summed E-state index contributed by atoms with van der Waals surface area (Å²) >= 11 is 0. The second-order valence-corrected chi connectivity index (χ2v) is 14.1. The molecule has 254 valence electrons.